The van der Waals surface area contributed by atoms with Crippen LogP contribution >= 0.6 is 0 Å². The predicted molar refractivity (Wildman–Crippen MR) is 54.5 cm³/mol. The molecule has 0 radical (unpaired) electrons. The molecule has 5 nitrogen and oxygen atoms in total. The molecule has 1 aromatic rings. The molecule has 1 aliphatic rings. The van der Waals surface area contributed by atoms with Gasteiger partial charge in [0.05, 0.1) is 12.3 Å². The number of aromatic nitrogens is 1. The van der Waals surface area contributed by atoms with Crippen molar-refractivity contribution in [1.29, 1.82) is 0 Å². The average molecular weight is 210 g/mol. The van der Waals surface area contributed by atoms with Crippen LogP contribution in [0.2, 0.25) is 0 Å². The van der Waals surface area contributed by atoms with Crippen molar-refractivity contribution in [2.75, 3.05) is 18.9 Å². The minimum Gasteiger partial charge on any atom is -0.459 e. The van der Waals surface area contributed by atoms with E-state index in [-0.39, 0.29) is 13.2 Å². The lowest BCUT2D eigenvalue weighted by atomic mass is 10.4. The number of nitrogen functional groups attached to an aromatic ring is 1. The molecule has 0 saturated heterocycles. The van der Waals surface area contributed by atoms with Crippen LogP contribution in [-0.2, 0) is 4.74 Å². The molecule has 0 spiro atoms. The van der Waals surface area contributed by atoms with E-state index in [4.69, 9.17) is 15.6 Å². The zero-order chi connectivity index (χ0) is 10.8. The van der Waals surface area contributed by atoms with Crippen LogP contribution in [0.15, 0.2) is 12.3 Å². The van der Waals surface area contributed by atoms with Crippen molar-refractivity contribution in [3.8, 4) is 0 Å². The number of nitrogens with two attached hydrogens (primary N) is 1. The normalized spacial score (nSPS) is 15.3. The Morgan fingerprint density at radius 3 is 3.00 bits per heavy atom. The highest BCUT2D eigenvalue weighted by Crippen LogP contribution is 2.37. The molecule has 0 unspecified atom stereocenters. The summed E-state index contributed by atoms with van der Waals surface area (Å²) in [7, 11) is 0. The lowest BCUT2D eigenvalue weighted by molar-refractivity contribution is 0.0421. The minimum absolute atomic E-state index is 0.0224. The maximum atomic E-state index is 11.6. The first-order valence-electron chi connectivity index (χ1n) is 4.97. The third kappa shape index (κ3) is 2.12. The molecule has 0 aromatic carbocycles. The Bertz CT molecular complexity index is 369. The van der Waals surface area contributed by atoms with Gasteiger partial charge in [0.2, 0.25) is 0 Å². The van der Waals surface area contributed by atoms with Gasteiger partial charge in [0, 0.05) is 12.2 Å². The van der Waals surface area contributed by atoms with Gasteiger partial charge in [-0.15, -0.1) is 0 Å². The largest absolute Gasteiger partial charge is 0.459 e. The summed E-state index contributed by atoms with van der Waals surface area (Å²) < 4.78 is 6.70. The summed E-state index contributed by atoms with van der Waals surface area (Å²) >= 11 is 0. The predicted octanol–water partition coefficient (Wildman–Crippen LogP) is 0.554. The number of anilines is 1. The van der Waals surface area contributed by atoms with Crippen LogP contribution in [0.1, 0.15) is 29.4 Å². The Balaban J connectivity index is 2.14. The van der Waals surface area contributed by atoms with Crippen molar-refractivity contribution >= 4 is 11.7 Å². The van der Waals surface area contributed by atoms with E-state index in [9.17, 15) is 4.79 Å². The van der Waals surface area contributed by atoms with Gasteiger partial charge in [-0.05, 0) is 18.9 Å². The molecular formula is C10H14N2O3. The van der Waals surface area contributed by atoms with Crippen molar-refractivity contribution in [3.63, 3.8) is 0 Å². The Morgan fingerprint density at radius 2 is 2.40 bits per heavy atom. The molecule has 5 heteroatoms. The molecule has 15 heavy (non-hydrogen) atoms. The second kappa shape index (κ2) is 3.94. The summed E-state index contributed by atoms with van der Waals surface area (Å²) in [6.45, 7) is -0.139. The first-order chi connectivity index (χ1) is 7.22. The van der Waals surface area contributed by atoms with Crippen LogP contribution < -0.4 is 5.73 Å². The van der Waals surface area contributed by atoms with E-state index in [0.717, 1.165) is 12.8 Å². The number of ether oxygens (including phenoxy) is 1. The van der Waals surface area contributed by atoms with Crippen LogP contribution in [0, 0.1) is 0 Å². The van der Waals surface area contributed by atoms with Crippen molar-refractivity contribution in [3.05, 3.63) is 18.0 Å². The Hall–Kier alpha value is -1.49. The summed E-state index contributed by atoms with van der Waals surface area (Å²) in [5, 5.41) is 8.55. The SMILES string of the molecule is Nc1cc(C(=O)OCCO)n(C2CC2)c1. The Kier molecular flexibility index (Phi) is 2.64. The highest BCUT2D eigenvalue weighted by atomic mass is 16.5. The first kappa shape index (κ1) is 10.0. The Labute approximate surface area is 87.4 Å². The fraction of sp³-hybridized carbons (Fsp3) is 0.500. The number of hydrogen-bond acceptors (Lipinski definition) is 4. The molecular weight excluding hydrogens is 196 g/mol. The van der Waals surface area contributed by atoms with Gasteiger partial charge >= 0.3 is 5.97 Å². The third-order valence-electron chi connectivity index (χ3n) is 2.34. The van der Waals surface area contributed by atoms with Gasteiger partial charge in [0.25, 0.3) is 0 Å². The molecule has 3 N–H and O–H groups in total. The maximum Gasteiger partial charge on any atom is 0.355 e. The van der Waals surface area contributed by atoms with E-state index in [1.807, 2.05) is 4.57 Å². The molecule has 1 fully saturated rings. The van der Waals surface area contributed by atoms with Gasteiger partial charge in [-0.25, -0.2) is 4.79 Å². The standard InChI is InChI=1S/C10H14N2O3/c11-7-5-9(10(14)15-4-3-13)12(6-7)8-1-2-8/h5-6,8,13H,1-4,11H2. The molecule has 0 atom stereocenters. The van der Waals surface area contributed by atoms with E-state index in [2.05, 4.69) is 0 Å². The first-order valence-corrected chi connectivity index (χ1v) is 4.97. The van der Waals surface area contributed by atoms with Gasteiger partial charge in [-0.1, -0.05) is 0 Å². The van der Waals surface area contributed by atoms with Crippen molar-refractivity contribution in [2.24, 2.45) is 0 Å². The molecule has 1 heterocycles. The quantitative estimate of drug-likeness (QED) is 0.711. The molecule has 1 aromatic heterocycles. The fourth-order valence-corrected chi connectivity index (χ4v) is 1.53. The fourth-order valence-electron chi connectivity index (χ4n) is 1.53. The van der Waals surface area contributed by atoms with E-state index < -0.39 is 5.97 Å². The number of hydrogen-bond donors (Lipinski definition) is 2. The second-order valence-electron chi connectivity index (χ2n) is 3.66. The van der Waals surface area contributed by atoms with E-state index >= 15 is 0 Å². The molecule has 0 amide bonds. The van der Waals surface area contributed by atoms with Crippen LogP contribution in [0.25, 0.3) is 0 Å². The number of rotatable bonds is 4. The summed E-state index contributed by atoms with van der Waals surface area (Å²) in [5.41, 5.74) is 6.68. The highest BCUT2D eigenvalue weighted by molar-refractivity contribution is 5.89. The van der Waals surface area contributed by atoms with Gasteiger partial charge in [-0.2, -0.15) is 0 Å². The van der Waals surface area contributed by atoms with Gasteiger partial charge in [0.1, 0.15) is 12.3 Å². The molecule has 0 aliphatic heterocycles. The maximum absolute atomic E-state index is 11.6. The van der Waals surface area contributed by atoms with Crippen LogP contribution in [0.3, 0.4) is 0 Å². The number of aliphatic hydroxyl groups is 1. The highest BCUT2D eigenvalue weighted by Gasteiger charge is 2.28. The summed E-state index contributed by atoms with van der Waals surface area (Å²) in [4.78, 5) is 11.6. The van der Waals surface area contributed by atoms with Crippen LogP contribution in [0.4, 0.5) is 5.69 Å². The Morgan fingerprint density at radius 1 is 1.67 bits per heavy atom. The van der Waals surface area contributed by atoms with Crippen LogP contribution in [0.5, 0.6) is 0 Å². The summed E-state index contributed by atoms with van der Waals surface area (Å²) in [6, 6.07) is 2.00. The van der Waals surface area contributed by atoms with Gasteiger partial charge < -0.3 is 20.1 Å². The molecule has 82 valence electrons. The summed E-state index contributed by atoms with van der Waals surface area (Å²) in [5.74, 6) is -0.423. The van der Waals surface area contributed by atoms with Crippen molar-refractivity contribution < 1.29 is 14.6 Å². The second-order valence-corrected chi connectivity index (χ2v) is 3.66. The van der Waals surface area contributed by atoms with E-state index in [1.54, 1.807) is 12.3 Å². The number of esters is 1. The third-order valence-corrected chi connectivity index (χ3v) is 2.34. The number of carbonyl (C=O) groups excluding carboxylic acids is 1. The topological polar surface area (TPSA) is 77.5 Å². The van der Waals surface area contributed by atoms with E-state index in [1.165, 1.54) is 0 Å². The lowest BCUT2D eigenvalue weighted by Crippen LogP contribution is -2.13. The number of aliphatic hydroxyl groups excluding tert-OH is 1. The molecule has 1 saturated carbocycles. The molecule has 2 rings (SSSR count). The average Bonchev–Trinajstić information content (AvgIpc) is 2.98. The van der Waals surface area contributed by atoms with Gasteiger partial charge in [-0.3, -0.25) is 0 Å². The number of nitrogens with zero attached hydrogens (tertiary/aromatic N) is 1. The van der Waals surface area contributed by atoms with E-state index in [0.29, 0.717) is 17.4 Å². The van der Waals surface area contributed by atoms with Gasteiger partial charge in [0.15, 0.2) is 0 Å². The molecule has 1 aliphatic carbocycles. The number of carbonyl (C=O) groups is 1. The zero-order valence-electron chi connectivity index (χ0n) is 8.35. The van der Waals surface area contributed by atoms with Crippen LogP contribution in [-0.4, -0.2) is 28.9 Å². The van der Waals surface area contributed by atoms with Crippen molar-refractivity contribution in [1.82, 2.24) is 4.57 Å². The smallest absolute Gasteiger partial charge is 0.355 e. The zero-order valence-corrected chi connectivity index (χ0v) is 8.35. The molecule has 0 bridgehead atoms. The minimum atomic E-state index is -0.423. The lowest BCUT2D eigenvalue weighted by Gasteiger charge is -2.06. The monoisotopic (exact) mass is 210 g/mol. The van der Waals surface area contributed by atoms with Crippen molar-refractivity contribution in [2.45, 2.75) is 18.9 Å². The summed E-state index contributed by atoms with van der Waals surface area (Å²) in [6.07, 6.45) is 3.91.